The van der Waals surface area contributed by atoms with Gasteiger partial charge in [-0.1, -0.05) is 37.1 Å². The van der Waals surface area contributed by atoms with E-state index in [1.165, 1.54) is 18.4 Å². The zero-order chi connectivity index (χ0) is 19.2. The van der Waals surface area contributed by atoms with Gasteiger partial charge in [0, 0.05) is 18.5 Å². The largest absolute Gasteiger partial charge is 0.491 e. The summed E-state index contributed by atoms with van der Waals surface area (Å²) in [5.74, 6) is 2.47. The lowest BCUT2D eigenvalue weighted by Gasteiger charge is -2.32. The number of rotatable bonds is 8. The first-order valence-electron chi connectivity index (χ1n) is 10.2. The number of para-hydroxylation sites is 1. The fourth-order valence-corrected chi connectivity index (χ4v) is 4.24. The first kappa shape index (κ1) is 19.1. The SMILES string of the molecule is O[C@@H](CNCC1(c2ccc3c(c2)OCCO3)CCCC1)COc1ccccc1. The zero-order valence-electron chi connectivity index (χ0n) is 16.2. The molecule has 150 valence electrons. The Bertz CT molecular complexity index is 758. The molecule has 4 rings (SSSR count). The van der Waals surface area contributed by atoms with Crippen LogP contribution in [0.25, 0.3) is 0 Å². The average Bonchev–Trinajstić information content (AvgIpc) is 3.23. The van der Waals surface area contributed by atoms with Crippen molar-refractivity contribution in [2.75, 3.05) is 32.9 Å². The number of nitrogens with one attached hydrogen (secondary N) is 1. The van der Waals surface area contributed by atoms with Crippen LogP contribution in [0.1, 0.15) is 31.2 Å². The molecule has 0 saturated heterocycles. The van der Waals surface area contributed by atoms with E-state index in [9.17, 15) is 5.11 Å². The molecule has 1 saturated carbocycles. The molecule has 0 amide bonds. The summed E-state index contributed by atoms with van der Waals surface area (Å²) in [4.78, 5) is 0. The average molecular weight is 383 g/mol. The topological polar surface area (TPSA) is 60.0 Å². The number of fused-ring (bicyclic) bond motifs is 1. The van der Waals surface area contributed by atoms with Gasteiger partial charge < -0.3 is 24.6 Å². The molecule has 2 aromatic carbocycles. The smallest absolute Gasteiger partial charge is 0.161 e. The Morgan fingerprint density at radius 3 is 2.54 bits per heavy atom. The van der Waals surface area contributed by atoms with Crippen molar-refractivity contribution in [3.05, 3.63) is 54.1 Å². The minimum atomic E-state index is -0.543. The Hall–Kier alpha value is -2.24. The Balaban J connectivity index is 1.33. The molecule has 2 aliphatic rings. The highest BCUT2D eigenvalue weighted by atomic mass is 16.6. The molecule has 1 fully saturated rings. The summed E-state index contributed by atoms with van der Waals surface area (Å²) in [7, 11) is 0. The van der Waals surface area contributed by atoms with Crippen LogP contribution in [0.3, 0.4) is 0 Å². The summed E-state index contributed by atoms with van der Waals surface area (Å²) in [6.45, 7) is 2.86. The molecule has 1 aliphatic carbocycles. The van der Waals surface area contributed by atoms with Crippen molar-refractivity contribution in [2.45, 2.75) is 37.2 Å². The predicted octanol–water partition coefficient (Wildman–Crippen LogP) is 3.30. The van der Waals surface area contributed by atoms with Crippen LogP contribution in [0, 0.1) is 0 Å². The van der Waals surface area contributed by atoms with E-state index >= 15 is 0 Å². The van der Waals surface area contributed by atoms with Crippen molar-refractivity contribution < 1.29 is 19.3 Å². The van der Waals surface area contributed by atoms with E-state index in [0.717, 1.165) is 36.6 Å². The normalized spacial score (nSPS) is 18.6. The molecule has 1 atom stereocenters. The van der Waals surface area contributed by atoms with Crippen LogP contribution in [0.15, 0.2) is 48.5 Å². The predicted molar refractivity (Wildman–Crippen MR) is 108 cm³/mol. The molecule has 5 heteroatoms. The maximum absolute atomic E-state index is 10.3. The van der Waals surface area contributed by atoms with Crippen LogP contribution >= 0.6 is 0 Å². The van der Waals surface area contributed by atoms with E-state index in [2.05, 4.69) is 17.4 Å². The third-order valence-electron chi connectivity index (χ3n) is 5.74. The number of ether oxygens (including phenoxy) is 3. The van der Waals surface area contributed by atoms with Crippen LogP contribution in [0.5, 0.6) is 17.2 Å². The standard InChI is InChI=1S/C23H29NO4/c25-19(16-28-20-6-2-1-3-7-20)15-24-17-23(10-4-5-11-23)18-8-9-21-22(14-18)27-13-12-26-21/h1-3,6-9,14,19,24-25H,4-5,10-13,15-17H2/t19-/m0/s1. The lowest BCUT2D eigenvalue weighted by atomic mass is 9.78. The van der Waals surface area contributed by atoms with Gasteiger partial charge in [-0.15, -0.1) is 0 Å². The number of aliphatic hydroxyl groups is 1. The molecular formula is C23H29NO4. The highest BCUT2D eigenvalue weighted by Crippen LogP contribution is 2.43. The van der Waals surface area contributed by atoms with Crippen LogP contribution in [-0.2, 0) is 5.41 Å². The second kappa shape index (κ2) is 8.84. The van der Waals surface area contributed by atoms with Crippen molar-refractivity contribution in [1.29, 1.82) is 0 Å². The molecule has 2 N–H and O–H groups in total. The van der Waals surface area contributed by atoms with Crippen LogP contribution < -0.4 is 19.5 Å². The highest BCUT2D eigenvalue weighted by molar-refractivity contribution is 5.46. The van der Waals surface area contributed by atoms with Gasteiger partial charge in [0.15, 0.2) is 11.5 Å². The minimum Gasteiger partial charge on any atom is -0.491 e. The van der Waals surface area contributed by atoms with Gasteiger partial charge in [0.05, 0.1) is 0 Å². The first-order valence-corrected chi connectivity index (χ1v) is 10.2. The van der Waals surface area contributed by atoms with Gasteiger partial charge in [-0.05, 0) is 42.7 Å². The van der Waals surface area contributed by atoms with Crippen LogP contribution in [-0.4, -0.2) is 44.1 Å². The van der Waals surface area contributed by atoms with E-state index in [1.54, 1.807) is 0 Å². The number of aliphatic hydroxyl groups excluding tert-OH is 1. The van der Waals surface area contributed by atoms with E-state index in [-0.39, 0.29) is 12.0 Å². The Morgan fingerprint density at radius 1 is 1.00 bits per heavy atom. The van der Waals surface area contributed by atoms with Crippen molar-refractivity contribution in [1.82, 2.24) is 5.32 Å². The molecule has 0 radical (unpaired) electrons. The molecular weight excluding hydrogens is 354 g/mol. The van der Waals surface area contributed by atoms with Gasteiger partial charge in [-0.3, -0.25) is 0 Å². The van der Waals surface area contributed by atoms with Gasteiger partial charge >= 0.3 is 0 Å². The number of benzene rings is 2. The minimum absolute atomic E-state index is 0.0931. The zero-order valence-corrected chi connectivity index (χ0v) is 16.2. The van der Waals surface area contributed by atoms with Gasteiger partial charge in [0.2, 0.25) is 0 Å². The molecule has 5 nitrogen and oxygen atoms in total. The van der Waals surface area contributed by atoms with Gasteiger partial charge in [-0.25, -0.2) is 0 Å². The van der Waals surface area contributed by atoms with E-state index < -0.39 is 6.10 Å². The molecule has 0 bridgehead atoms. The van der Waals surface area contributed by atoms with Crippen molar-refractivity contribution in [2.24, 2.45) is 0 Å². The second-order valence-corrected chi connectivity index (χ2v) is 7.75. The Labute approximate surface area is 166 Å². The molecule has 28 heavy (non-hydrogen) atoms. The van der Waals surface area contributed by atoms with E-state index in [0.29, 0.717) is 19.8 Å². The summed E-state index contributed by atoms with van der Waals surface area (Å²) in [5, 5.41) is 13.8. The van der Waals surface area contributed by atoms with Crippen LogP contribution in [0.4, 0.5) is 0 Å². The summed E-state index contributed by atoms with van der Waals surface area (Å²) in [6.07, 6.45) is 4.22. The van der Waals surface area contributed by atoms with Gasteiger partial charge in [-0.2, -0.15) is 0 Å². The molecule has 1 aliphatic heterocycles. The molecule has 0 spiro atoms. The third-order valence-corrected chi connectivity index (χ3v) is 5.74. The van der Waals surface area contributed by atoms with E-state index in [1.807, 2.05) is 36.4 Å². The van der Waals surface area contributed by atoms with Crippen molar-refractivity contribution in [3.63, 3.8) is 0 Å². The third kappa shape index (κ3) is 4.42. The molecule has 1 heterocycles. The van der Waals surface area contributed by atoms with Gasteiger partial charge in [0.1, 0.15) is 31.7 Å². The lowest BCUT2D eigenvalue weighted by molar-refractivity contribution is 0.105. The monoisotopic (exact) mass is 383 g/mol. The molecule has 0 unspecified atom stereocenters. The van der Waals surface area contributed by atoms with Crippen molar-refractivity contribution >= 4 is 0 Å². The molecule has 0 aromatic heterocycles. The summed E-state index contributed by atoms with van der Waals surface area (Å²) in [6, 6.07) is 16.0. The number of hydrogen-bond donors (Lipinski definition) is 2. The highest BCUT2D eigenvalue weighted by Gasteiger charge is 2.36. The fourth-order valence-electron chi connectivity index (χ4n) is 4.24. The summed E-state index contributed by atoms with van der Waals surface area (Å²) >= 11 is 0. The van der Waals surface area contributed by atoms with E-state index in [4.69, 9.17) is 14.2 Å². The second-order valence-electron chi connectivity index (χ2n) is 7.75. The maximum Gasteiger partial charge on any atom is 0.161 e. The van der Waals surface area contributed by atoms with Gasteiger partial charge in [0.25, 0.3) is 0 Å². The van der Waals surface area contributed by atoms with Crippen LogP contribution in [0.2, 0.25) is 0 Å². The number of hydrogen-bond acceptors (Lipinski definition) is 5. The Morgan fingerprint density at radius 2 is 1.75 bits per heavy atom. The molecule has 2 aromatic rings. The maximum atomic E-state index is 10.3. The first-order chi connectivity index (χ1) is 13.8. The lowest BCUT2D eigenvalue weighted by Crippen LogP contribution is -2.40. The van der Waals surface area contributed by atoms with Crippen molar-refractivity contribution in [3.8, 4) is 17.2 Å². The summed E-state index contributed by atoms with van der Waals surface area (Å²) < 4.78 is 17.1. The fraction of sp³-hybridized carbons (Fsp3) is 0.478. The summed E-state index contributed by atoms with van der Waals surface area (Å²) in [5.41, 5.74) is 1.40. The Kier molecular flexibility index (Phi) is 6.03. The quantitative estimate of drug-likeness (QED) is 0.732.